The lowest BCUT2D eigenvalue weighted by atomic mass is 10.0. The molecule has 1 heterocycles. The monoisotopic (exact) mass is 335 g/mol. The minimum atomic E-state index is -0.512. The van der Waals surface area contributed by atoms with Crippen molar-refractivity contribution in [2.75, 3.05) is 5.32 Å². The lowest BCUT2D eigenvalue weighted by Gasteiger charge is -2.17. The highest BCUT2D eigenvalue weighted by Gasteiger charge is 2.22. The third-order valence-electron chi connectivity index (χ3n) is 4.10. The van der Waals surface area contributed by atoms with Crippen LogP contribution < -0.4 is 5.32 Å². The maximum absolute atomic E-state index is 12.8. The van der Waals surface area contributed by atoms with Crippen LogP contribution in [0.1, 0.15) is 36.9 Å². The zero-order valence-electron chi connectivity index (χ0n) is 14.3. The van der Waals surface area contributed by atoms with Crippen molar-refractivity contribution >= 4 is 11.6 Å². The second-order valence-corrected chi connectivity index (χ2v) is 6.26. The first-order valence-corrected chi connectivity index (χ1v) is 8.30. The smallest absolute Gasteiger partial charge is 0.249 e. The summed E-state index contributed by atoms with van der Waals surface area (Å²) < 4.78 is 1.49. The molecule has 0 spiro atoms. The van der Waals surface area contributed by atoms with Gasteiger partial charge in [0, 0.05) is 12.1 Å². The Balaban J connectivity index is 1.77. The Labute approximate surface area is 146 Å². The molecule has 128 valence electrons. The van der Waals surface area contributed by atoms with Gasteiger partial charge in [-0.2, -0.15) is 0 Å². The van der Waals surface area contributed by atoms with Gasteiger partial charge in [-0.15, -0.1) is 5.10 Å². The van der Waals surface area contributed by atoms with Crippen molar-refractivity contribution < 1.29 is 4.79 Å². The number of nitrogens with zero attached hydrogens (tertiary/aromatic N) is 4. The zero-order valence-corrected chi connectivity index (χ0v) is 14.3. The van der Waals surface area contributed by atoms with Crippen LogP contribution in [0.4, 0.5) is 5.69 Å². The maximum atomic E-state index is 12.8. The molecule has 3 aromatic rings. The van der Waals surface area contributed by atoms with E-state index in [1.165, 1.54) is 16.6 Å². The van der Waals surface area contributed by atoms with Crippen LogP contribution in [0.2, 0.25) is 0 Å². The minimum absolute atomic E-state index is 0.145. The average molecular weight is 335 g/mol. The molecular weight excluding hydrogens is 314 g/mol. The van der Waals surface area contributed by atoms with Gasteiger partial charge in [-0.25, -0.2) is 4.68 Å². The van der Waals surface area contributed by atoms with E-state index in [1.54, 1.807) is 0 Å². The molecule has 0 radical (unpaired) electrons. The summed E-state index contributed by atoms with van der Waals surface area (Å²) in [5, 5.41) is 14.2. The predicted molar refractivity (Wildman–Crippen MR) is 96.2 cm³/mol. The summed E-state index contributed by atoms with van der Waals surface area (Å²) in [6, 6.07) is 17.2. The first-order valence-electron chi connectivity index (χ1n) is 8.30. The van der Waals surface area contributed by atoms with Crippen LogP contribution >= 0.6 is 0 Å². The van der Waals surface area contributed by atoms with Crippen LogP contribution in [-0.2, 0) is 11.2 Å². The number of rotatable bonds is 6. The summed E-state index contributed by atoms with van der Waals surface area (Å²) in [5.41, 5.74) is 3.05. The van der Waals surface area contributed by atoms with Gasteiger partial charge in [-0.3, -0.25) is 4.79 Å². The van der Waals surface area contributed by atoms with E-state index >= 15 is 0 Å². The van der Waals surface area contributed by atoms with Crippen molar-refractivity contribution in [2.45, 2.75) is 32.2 Å². The van der Waals surface area contributed by atoms with Gasteiger partial charge >= 0.3 is 0 Å². The van der Waals surface area contributed by atoms with Crippen LogP contribution in [0.15, 0.2) is 60.9 Å². The molecule has 0 aliphatic rings. The van der Waals surface area contributed by atoms with Crippen molar-refractivity contribution in [2.24, 2.45) is 0 Å². The molecule has 0 bridgehead atoms. The number of hydrogen-bond donors (Lipinski definition) is 1. The molecule has 0 saturated heterocycles. The summed E-state index contributed by atoms with van der Waals surface area (Å²) in [6.45, 7) is 4.28. The van der Waals surface area contributed by atoms with E-state index < -0.39 is 6.04 Å². The highest BCUT2D eigenvalue weighted by molar-refractivity contribution is 5.93. The molecular formula is C19H21N5O. The second kappa shape index (κ2) is 7.70. The SMILES string of the molecule is CC(C)c1ccc(NC(=O)[C@H](Cc2ccccc2)n2cnnn2)cc1. The molecule has 6 nitrogen and oxygen atoms in total. The predicted octanol–water partition coefficient (Wildman–Crippen LogP) is 3.22. The first-order chi connectivity index (χ1) is 12.1. The number of nitrogens with one attached hydrogen (secondary N) is 1. The van der Waals surface area contributed by atoms with Crippen molar-refractivity contribution in [3.8, 4) is 0 Å². The van der Waals surface area contributed by atoms with E-state index in [1.807, 2.05) is 54.6 Å². The highest BCUT2D eigenvalue weighted by atomic mass is 16.2. The van der Waals surface area contributed by atoms with E-state index in [4.69, 9.17) is 0 Å². The molecule has 0 unspecified atom stereocenters. The molecule has 1 atom stereocenters. The van der Waals surface area contributed by atoms with E-state index in [2.05, 4.69) is 34.7 Å². The maximum Gasteiger partial charge on any atom is 0.249 e. The summed E-state index contributed by atoms with van der Waals surface area (Å²) in [7, 11) is 0. The van der Waals surface area contributed by atoms with Gasteiger partial charge in [0.1, 0.15) is 12.4 Å². The normalized spacial score (nSPS) is 12.1. The molecule has 3 rings (SSSR count). The fourth-order valence-electron chi connectivity index (χ4n) is 2.63. The Morgan fingerprint density at radius 1 is 1.08 bits per heavy atom. The van der Waals surface area contributed by atoms with Gasteiger partial charge < -0.3 is 5.32 Å². The van der Waals surface area contributed by atoms with E-state index in [0.29, 0.717) is 12.3 Å². The van der Waals surface area contributed by atoms with Gasteiger partial charge in [0.2, 0.25) is 5.91 Å². The number of benzene rings is 2. The Kier molecular flexibility index (Phi) is 5.18. The van der Waals surface area contributed by atoms with Gasteiger partial charge in [0.05, 0.1) is 0 Å². The van der Waals surface area contributed by atoms with Crippen molar-refractivity contribution in [3.63, 3.8) is 0 Å². The van der Waals surface area contributed by atoms with Crippen molar-refractivity contribution in [1.82, 2.24) is 20.2 Å². The van der Waals surface area contributed by atoms with Crippen LogP contribution in [0.25, 0.3) is 0 Å². The van der Waals surface area contributed by atoms with Crippen molar-refractivity contribution in [1.29, 1.82) is 0 Å². The zero-order chi connectivity index (χ0) is 17.6. The third kappa shape index (κ3) is 4.29. The van der Waals surface area contributed by atoms with Crippen LogP contribution in [0, 0.1) is 0 Å². The topological polar surface area (TPSA) is 72.7 Å². The number of anilines is 1. The Hall–Kier alpha value is -3.02. The fraction of sp³-hybridized carbons (Fsp3) is 0.263. The molecule has 0 fully saturated rings. The average Bonchev–Trinajstić information content (AvgIpc) is 3.15. The molecule has 1 aromatic heterocycles. The molecule has 0 aliphatic heterocycles. The molecule has 1 N–H and O–H groups in total. The lowest BCUT2D eigenvalue weighted by molar-refractivity contribution is -0.119. The van der Waals surface area contributed by atoms with Gasteiger partial charge in [-0.05, 0) is 39.6 Å². The standard InChI is InChI=1S/C19H21N5O/c1-14(2)16-8-10-17(11-9-16)21-19(25)18(24-13-20-22-23-24)12-15-6-4-3-5-7-15/h3-11,13-14,18H,12H2,1-2H3,(H,21,25)/t18-/m0/s1. The van der Waals surface area contributed by atoms with Gasteiger partial charge in [-0.1, -0.05) is 56.3 Å². The summed E-state index contributed by atoms with van der Waals surface area (Å²) >= 11 is 0. The summed E-state index contributed by atoms with van der Waals surface area (Å²) in [5.74, 6) is 0.310. The molecule has 2 aromatic carbocycles. The molecule has 0 aliphatic carbocycles. The second-order valence-electron chi connectivity index (χ2n) is 6.26. The molecule has 6 heteroatoms. The largest absolute Gasteiger partial charge is 0.324 e. The molecule has 0 saturated carbocycles. The number of aromatic nitrogens is 4. The minimum Gasteiger partial charge on any atom is -0.324 e. The number of carbonyl (C=O) groups excluding carboxylic acids is 1. The van der Waals surface area contributed by atoms with E-state index in [9.17, 15) is 4.79 Å². The number of hydrogen-bond acceptors (Lipinski definition) is 4. The van der Waals surface area contributed by atoms with Gasteiger partial charge in [0.25, 0.3) is 0 Å². The number of tetrazole rings is 1. The number of carbonyl (C=O) groups is 1. The van der Waals surface area contributed by atoms with Crippen LogP contribution in [0.5, 0.6) is 0 Å². The number of amides is 1. The van der Waals surface area contributed by atoms with Crippen molar-refractivity contribution in [3.05, 3.63) is 72.1 Å². The Morgan fingerprint density at radius 3 is 2.40 bits per heavy atom. The van der Waals surface area contributed by atoms with E-state index in [-0.39, 0.29) is 5.91 Å². The quantitative estimate of drug-likeness (QED) is 0.751. The highest BCUT2D eigenvalue weighted by Crippen LogP contribution is 2.19. The summed E-state index contributed by atoms with van der Waals surface area (Å²) in [4.78, 5) is 12.8. The van der Waals surface area contributed by atoms with E-state index in [0.717, 1.165) is 11.3 Å². The van der Waals surface area contributed by atoms with Gasteiger partial charge in [0.15, 0.2) is 0 Å². The Bertz CT molecular complexity index is 798. The fourth-order valence-corrected chi connectivity index (χ4v) is 2.63. The molecule has 1 amide bonds. The van der Waals surface area contributed by atoms with Crippen LogP contribution in [0.3, 0.4) is 0 Å². The van der Waals surface area contributed by atoms with Crippen LogP contribution in [-0.4, -0.2) is 26.1 Å². The summed E-state index contributed by atoms with van der Waals surface area (Å²) in [6.07, 6.45) is 1.98. The Morgan fingerprint density at radius 2 is 1.80 bits per heavy atom. The first kappa shape index (κ1) is 16.8. The molecule has 25 heavy (non-hydrogen) atoms. The third-order valence-corrected chi connectivity index (χ3v) is 4.10. The lowest BCUT2D eigenvalue weighted by Crippen LogP contribution is -2.28.